The van der Waals surface area contributed by atoms with E-state index in [2.05, 4.69) is 15.5 Å². The van der Waals surface area contributed by atoms with E-state index in [1.165, 1.54) is 0 Å². The summed E-state index contributed by atoms with van der Waals surface area (Å²) in [6.45, 7) is 2.09. The Bertz CT molecular complexity index is 740. The van der Waals surface area contributed by atoms with Gasteiger partial charge >= 0.3 is 5.97 Å². The summed E-state index contributed by atoms with van der Waals surface area (Å²) in [6.07, 6.45) is 1.40. The number of ether oxygens (including phenoxy) is 1. The van der Waals surface area contributed by atoms with Crippen LogP contribution in [0.15, 0.2) is 22.3 Å². The lowest BCUT2D eigenvalue weighted by Gasteiger charge is -2.08. The molecule has 1 heterocycles. The van der Waals surface area contributed by atoms with E-state index >= 15 is 0 Å². The number of hydrogen-bond donors (Lipinski definition) is 2. The van der Waals surface area contributed by atoms with E-state index in [4.69, 9.17) is 9.84 Å². The fourth-order valence-corrected chi connectivity index (χ4v) is 2.84. The van der Waals surface area contributed by atoms with E-state index in [1.807, 2.05) is 6.92 Å². The second-order valence-corrected chi connectivity index (χ2v) is 6.19. The molecule has 0 saturated carbocycles. The van der Waals surface area contributed by atoms with Crippen molar-refractivity contribution in [3.63, 3.8) is 0 Å². The molecule has 2 rings (SSSR count). The van der Waals surface area contributed by atoms with Gasteiger partial charge in [0.15, 0.2) is 16.7 Å². The van der Waals surface area contributed by atoms with Gasteiger partial charge in [0.1, 0.15) is 11.1 Å². The Kier molecular flexibility index (Phi) is 6.45. The van der Waals surface area contributed by atoms with Crippen molar-refractivity contribution in [2.75, 3.05) is 6.61 Å². The minimum Gasteiger partial charge on any atom is -0.490 e. The first kappa shape index (κ1) is 18.8. The SMILES string of the molecule is CCCOc1c(F)cc(F)cc1C=NN=C1NC(=O)C(CC(=O)O)S1. The van der Waals surface area contributed by atoms with Gasteiger partial charge in [-0.1, -0.05) is 18.7 Å². The number of amides is 1. The second-order valence-electron chi connectivity index (χ2n) is 5.00. The number of halogens is 2. The first-order valence-corrected chi connectivity index (χ1v) is 8.20. The molecule has 0 bridgehead atoms. The zero-order valence-electron chi connectivity index (χ0n) is 13.2. The fourth-order valence-electron chi connectivity index (χ4n) is 1.92. The Labute approximate surface area is 146 Å². The van der Waals surface area contributed by atoms with Crippen LogP contribution in [-0.2, 0) is 9.59 Å². The molecular formula is C15H15F2N3O4S. The lowest BCUT2D eigenvalue weighted by Crippen LogP contribution is -2.26. The van der Waals surface area contributed by atoms with Gasteiger partial charge in [0.2, 0.25) is 5.91 Å². The molecule has 0 spiro atoms. The van der Waals surface area contributed by atoms with E-state index in [0.717, 1.165) is 24.0 Å². The van der Waals surface area contributed by atoms with Crippen LogP contribution in [0.5, 0.6) is 5.75 Å². The third-order valence-corrected chi connectivity index (χ3v) is 4.04. The summed E-state index contributed by atoms with van der Waals surface area (Å²) in [6, 6.07) is 1.75. The predicted octanol–water partition coefficient (Wildman–Crippen LogP) is 2.15. The van der Waals surface area contributed by atoms with E-state index in [0.29, 0.717) is 12.5 Å². The Morgan fingerprint density at radius 2 is 2.24 bits per heavy atom. The van der Waals surface area contributed by atoms with Crippen LogP contribution < -0.4 is 10.1 Å². The van der Waals surface area contributed by atoms with Gasteiger partial charge in [-0.3, -0.25) is 9.59 Å². The number of aliphatic carboxylic acids is 1. The van der Waals surface area contributed by atoms with Gasteiger partial charge in [-0.2, -0.15) is 5.10 Å². The molecule has 2 N–H and O–H groups in total. The van der Waals surface area contributed by atoms with Gasteiger partial charge in [0.25, 0.3) is 0 Å². The van der Waals surface area contributed by atoms with Gasteiger partial charge < -0.3 is 15.2 Å². The molecule has 0 aromatic heterocycles. The van der Waals surface area contributed by atoms with Crippen molar-refractivity contribution in [3.05, 3.63) is 29.3 Å². The molecule has 0 aliphatic carbocycles. The van der Waals surface area contributed by atoms with E-state index < -0.39 is 28.8 Å². The molecule has 25 heavy (non-hydrogen) atoms. The molecule has 1 atom stereocenters. The van der Waals surface area contributed by atoms with Crippen molar-refractivity contribution in [3.8, 4) is 5.75 Å². The topological polar surface area (TPSA) is 100 Å². The predicted molar refractivity (Wildman–Crippen MR) is 88.9 cm³/mol. The molecule has 1 aliphatic heterocycles. The molecule has 1 aromatic rings. The van der Waals surface area contributed by atoms with Gasteiger partial charge in [-0.25, -0.2) is 8.78 Å². The Morgan fingerprint density at radius 1 is 1.48 bits per heavy atom. The van der Waals surface area contributed by atoms with Crippen LogP contribution in [0.25, 0.3) is 0 Å². The molecule has 1 saturated heterocycles. The lowest BCUT2D eigenvalue weighted by atomic mass is 10.2. The molecule has 1 unspecified atom stereocenters. The monoisotopic (exact) mass is 371 g/mol. The van der Waals surface area contributed by atoms with Gasteiger partial charge in [-0.15, -0.1) is 5.10 Å². The molecule has 1 amide bonds. The molecule has 134 valence electrons. The van der Waals surface area contributed by atoms with Crippen LogP contribution >= 0.6 is 11.8 Å². The van der Waals surface area contributed by atoms with Crippen LogP contribution in [0.1, 0.15) is 25.3 Å². The molecule has 1 aliphatic rings. The van der Waals surface area contributed by atoms with Crippen LogP contribution in [0.4, 0.5) is 8.78 Å². The average Bonchev–Trinajstić information content (AvgIpc) is 2.85. The first-order chi connectivity index (χ1) is 11.9. The smallest absolute Gasteiger partial charge is 0.305 e. The van der Waals surface area contributed by atoms with Gasteiger partial charge in [-0.05, 0) is 12.5 Å². The van der Waals surface area contributed by atoms with Crippen molar-refractivity contribution in [1.29, 1.82) is 0 Å². The highest BCUT2D eigenvalue weighted by Crippen LogP contribution is 2.24. The maximum atomic E-state index is 13.8. The van der Waals surface area contributed by atoms with E-state index in [-0.39, 0.29) is 29.5 Å². The summed E-state index contributed by atoms with van der Waals surface area (Å²) in [5.41, 5.74) is 0.0618. The number of rotatable bonds is 7. The summed E-state index contributed by atoms with van der Waals surface area (Å²) >= 11 is 0.922. The number of carbonyl (C=O) groups is 2. The van der Waals surface area contributed by atoms with E-state index in [9.17, 15) is 18.4 Å². The highest BCUT2D eigenvalue weighted by atomic mass is 32.2. The van der Waals surface area contributed by atoms with Crippen LogP contribution in [-0.4, -0.2) is 40.2 Å². The summed E-state index contributed by atoms with van der Waals surface area (Å²) in [7, 11) is 0. The van der Waals surface area contributed by atoms with Crippen molar-refractivity contribution < 1.29 is 28.2 Å². The normalized spacial score (nSPS) is 18.8. The van der Waals surface area contributed by atoms with Crippen LogP contribution in [0.3, 0.4) is 0 Å². The summed E-state index contributed by atoms with van der Waals surface area (Å²) < 4.78 is 32.4. The van der Waals surface area contributed by atoms with Crippen molar-refractivity contribution in [2.45, 2.75) is 25.0 Å². The fraction of sp³-hybridized carbons (Fsp3) is 0.333. The number of hydrogen-bond acceptors (Lipinski definition) is 6. The quantitative estimate of drug-likeness (QED) is 0.565. The summed E-state index contributed by atoms with van der Waals surface area (Å²) in [5, 5.41) is 17.8. The van der Waals surface area contributed by atoms with Crippen molar-refractivity contribution in [2.24, 2.45) is 10.2 Å². The zero-order valence-corrected chi connectivity index (χ0v) is 14.0. The first-order valence-electron chi connectivity index (χ1n) is 7.33. The Hall–Kier alpha value is -2.49. The highest BCUT2D eigenvalue weighted by molar-refractivity contribution is 8.15. The molecule has 10 heteroatoms. The van der Waals surface area contributed by atoms with Crippen molar-refractivity contribution in [1.82, 2.24) is 5.32 Å². The minimum atomic E-state index is -1.11. The number of nitrogens with zero attached hydrogens (tertiary/aromatic N) is 2. The Balaban J connectivity index is 2.14. The third-order valence-electron chi connectivity index (χ3n) is 2.97. The average molecular weight is 371 g/mol. The largest absolute Gasteiger partial charge is 0.490 e. The van der Waals surface area contributed by atoms with Gasteiger partial charge in [0, 0.05) is 11.6 Å². The minimum absolute atomic E-state index is 0.0618. The van der Waals surface area contributed by atoms with Crippen LogP contribution in [0.2, 0.25) is 0 Å². The summed E-state index contributed by atoms with van der Waals surface area (Å²) in [4.78, 5) is 22.2. The second kappa shape index (κ2) is 8.56. The number of carboxylic acids is 1. The third kappa shape index (κ3) is 5.24. The molecule has 7 nitrogen and oxygen atoms in total. The number of nitrogens with one attached hydrogen (secondary N) is 1. The molecule has 1 fully saturated rings. The molecule has 1 aromatic carbocycles. The molecular weight excluding hydrogens is 356 g/mol. The standard InChI is InChI=1S/C15H15F2N3O4S/c1-2-3-24-13-8(4-9(16)5-10(13)17)7-18-20-15-19-14(23)11(25-15)6-12(21)22/h4-5,7,11H,2-3,6H2,1H3,(H,21,22)(H,19,20,23). The lowest BCUT2D eigenvalue weighted by molar-refractivity contribution is -0.138. The van der Waals surface area contributed by atoms with Crippen LogP contribution in [0, 0.1) is 11.6 Å². The summed E-state index contributed by atoms with van der Waals surface area (Å²) in [5.74, 6) is -3.37. The van der Waals surface area contributed by atoms with Gasteiger partial charge in [0.05, 0.1) is 19.2 Å². The maximum Gasteiger partial charge on any atom is 0.305 e. The zero-order chi connectivity index (χ0) is 18.4. The maximum absolute atomic E-state index is 13.8. The number of amidine groups is 1. The van der Waals surface area contributed by atoms with Crippen molar-refractivity contribution >= 4 is 35.0 Å². The number of thioether (sulfide) groups is 1. The number of carbonyl (C=O) groups excluding carboxylic acids is 1. The number of benzene rings is 1. The highest BCUT2D eigenvalue weighted by Gasteiger charge is 2.32. The Morgan fingerprint density at radius 3 is 2.92 bits per heavy atom. The number of carboxylic acid groups (broad SMARTS) is 1. The van der Waals surface area contributed by atoms with E-state index in [1.54, 1.807) is 0 Å². The molecule has 0 radical (unpaired) electrons.